The van der Waals surface area contributed by atoms with Gasteiger partial charge in [-0.15, -0.1) is 0 Å². The molecule has 0 spiro atoms. The Balaban J connectivity index is 1.25. The van der Waals surface area contributed by atoms with Gasteiger partial charge in [0.2, 0.25) is 11.9 Å². The van der Waals surface area contributed by atoms with Gasteiger partial charge in [-0.05, 0) is 39.8 Å². The van der Waals surface area contributed by atoms with Crippen molar-refractivity contribution in [2.24, 2.45) is 5.92 Å². The highest BCUT2D eigenvalue weighted by molar-refractivity contribution is 5.82. The monoisotopic (exact) mass is 448 g/mol. The fourth-order valence-corrected chi connectivity index (χ4v) is 4.70. The highest BCUT2D eigenvalue weighted by Gasteiger charge is 2.37. The first-order valence-corrected chi connectivity index (χ1v) is 11.6. The number of aromatic nitrogens is 4. The molecule has 0 unspecified atom stereocenters. The summed E-state index contributed by atoms with van der Waals surface area (Å²) in [6.07, 6.45) is 5.71. The van der Waals surface area contributed by atoms with Crippen LogP contribution in [0.25, 0.3) is 5.65 Å². The van der Waals surface area contributed by atoms with E-state index in [0.29, 0.717) is 19.1 Å². The number of carbonyl (C=O) groups is 1. The van der Waals surface area contributed by atoms with Crippen LogP contribution in [0.1, 0.15) is 32.0 Å². The quantitative estimate of drug-likeness (QED) is 0.614. The van der Waals surface area contributed by atoms with Gasteiger partial charge in [0.25, 0.3) is 0 Å². The summed E-state index contributed by atoms with van der Waals surface area (Å²) in [5.74, 6) is 1.69. The Morgan fingerprint density at radius 3 is 2.76 bits per heavy atom. The number of pyridine rings is 1. The summed E-state index contributed by atoms with van der Waals surface area (Å²) in [5, 5.41) is 6.68. The molecule has 1 atom stereocenters. The second-order valence-electron chi connectivity index (χ2n) is 9.77. The molecule has 0 bridgehead atoms. The van der Waals surface area contributed by atoms with Crippen molar-refractivity contribution in [1.29, 1.82) is 0 Å². The van der Waals surface area contributed by atoms with Crippen molar-refractivity contribution in [3.05, 3.63) is 48.0 Å². The predicted octanol–water partition coefficient (Wildman–Crippen LogP) is 1.72. The minimum Gasteiger partial charge on any atom is -0.354 e. The number of anilines is 2. The van der Waals surface area contributed by atoms with Crippen LogP contribution in [0.15, 0.2) is 36.8 Å². The highest BCUT2D eigenvalue weighted by Crippen LogP contribution is 2.29. The van der Waals surface area contributed by atoms with Crippen molar-refractivity contribution >= 4 is 23.3 Å². The third kappa shape index (κ3) is 4.13. The molecule has 0 saturated carbocycles. The normalized spacial score (nSPS) is 19.6. The number of piperazine rings is 1. The lowest BCUT2D eigenvalue weighted by Crippen LogP contribution is -2.57. The Morgan fingerprint density at radius 2 is 1.97 bits per heavy atom. The minimum atomic E-state index is -0.532. The van der Waals surface area contributed by atoms with E-state index in [1.807, 2.05) is 62.0 Å². The van der Waals surface area contributed by atoms with Gasteiger partial charge < -0.3 is 24.8 Å². The smallest absolute Gasteiger partial charge is 0.227 e. The van der Waals surface area contributed by atoms with Gasteiger partial charge in [-0.1, -0.05) is 6.07 Å². The molecule has 2 aliphatic rings. The lowest BCUT2D eigenvalue weighted by atomic mass is 9.95. The zero-order valence-electron chi connectivity index (χ0n) is 19.7. The molecule has 0 aromatic carbocycles. The summed E-state index contributed by atoms with van der Waals surface area (Å²) < 4.78 is 2.02. The molecule has 33 heavy (non-hydrogen) atoms. The molecule has 2 aliphatic heterocycles. The largest absolute Gasteiger partial charge is 0.354 e. The van der Waals surface area contributed by atoms with Crippen molar-refractivity contribution < 1.29 is 4.79 Å². The van der Waals surface area contributed by atoms with E-state index in [9.17, 15) is 4.79 Å². The van der Waals surface area contributed by atoms with E-state index in [1.54, 1.807) is 0 Å². The van der Waals surface area contributed by atoms with Gasteiger partial charge in [-0.3, -0.25) is 4.79 Å². The van der Waals surface area contributed by atoms with Crippen molar-refractivity contribution in [3.63, 3.8) is 0 Å². The molecule has 2 saturated heterocycles. The van der Waals surface area contributed by atoms with E-state index in [4.69, 9.17) is 4.98 Å². The Hall–Kier alpha value is -3.20. The first-order valence-electron chi connectivity index (χ1n) is 11.6. The van der Waals surface area contributed by atoms with Crippen LogP contribution < -0.4 is 20.4 Å². The van der Waals surface area contributed by atoms with E-state index < -0.39 is 5.54 Å². The summed E-state index contributed by atoms with van der Waals surface area (Å²) in [5.41, 5.74) is 2.34. The number of carbonyl (C=O) groups excluding carboxylic acids is 1. The lowest BCUT2D eigenvalue weighted by Gasteiger charge is -2.41. The van der Waals surface area contributed by atoms with E-state index in [1.165, 1.54) is 0 Å². The zero-order chi connectivity index (χ0) is 23.2. The van der Waals surface area contributed by atoms with Gasteiger partial charge in [0.05, 0.1) is 23.3 Å². The molecule has 5 heterocycles. The number of nitrogens with zero attached hydrogens (tertiary/aromatic N) is 6. The standard InChI is InChI=1S/C24H32N8O/c1-16-11-27-23(30-10-8-25-17(2)13-30)28-21(16)31-14-18(15-31)22(33)29-24(3,4)19-12-26-20-7-5-6-9-32(19)20/h5-7,9,11-12,17-18,25H,8,10,13-15H2,1-4H3,(H,29,33)/t17-/m0/s1. The summed E-state index contributed by atoms with van der Waals surface area (Å²) in [6.45, 7) is 12.3. The molecule has 1 amide bonds. The van der Waals surface area contributed by atoms with Crippen LogP contribution in [-0.2, 0) is 10.3 Å². The van der Waals surface area contributed by atoms with Gasteiger partial charge in [0.1, 0.15) is 11.5 Å². The topological polar surface area (TPSA) is 90.7 Å². The highest BCUT2D eigenvalue weighted by atomic mass is 16.2. The van der Waals surface area contributed by atoms with Crippen molar-refractivity contribution in [1.82, 2.24) is 30.0 Å². The molecule has 9 nitrogen and oxygen atoms in total. The van der Waals surface area contributed by atoms with Gasteiger partial charge in [0.15, 0.2) is 0 Å². The molecule has 0 aliphatic carbocycles. The maximum atomic E-state index is 13.1. The molecule has 174 valence electrons. The van der Waals surface area contributed by atoms with Crippen molar-refractivity contribution in [3.8, 4) is 0 Å². The summed E-state index contributed by atoms with van der Waals surface area (Å²) in [4.78, 5) is 31.4. The number of nitrogens with one attached hydrogen (secondary N) is 2. The number of amides is 1. The first-order chi connectivity index (χ1) is 15.8. The Morgan fingerprint density at radius 1 is 1.15 bits per heavy atom. The molecule has 3 aromatic heterocycles. The Kier molecular flexibility index (Phi) is 5.44. The molecule has 0 radical (unpaired) electrons. The van der Waals surface area contributed by atoms with Gasteiger partial charge in [0, 0.05) is 56.7 Å². The fourth-order valence-electron chi connectivity index (χ4n) is 4.70. The summed E-state index contributed by atoms with van der Waals surface area (Å²) in [6, 6.07) is 6.31. The number of hydrogen-bond donors (Lipinski definition) is 2. The summed E-state index contributed by atoms with van der Waals surface area (Å²) in [7, 11) is 0. The number of rotatable bonds is 5. The van der Waals surface area contributed by atoms with Crippen LogP contribution >= 0.6 is 0 Å². The maximum Gasteiger partial charge on any atom is 0.227 e. The second kappa shape index (κ2) is 8.30. The average Bonchev–Trinajstić information content (AvgIpc) is 3.19. The Labute approximate surface area is 194 Å². The van der Waals surface area contributed by atoms with E-state index in [2.05, 4.69) is 37.3 Å². The van der Waals surface area contributed by atoms with Crippen LogP contribution in [0.3, 0.4) is 0 Å². The van der Waals surface area contributed by atoms with Crippen LogP contribution in [0, 0.1) is 12.8 Å². The van der Waals surface area contributed by atoms with E-state index in [0.717, 1.165) is 48.3 Å². The van der Waals surface area contributed by atoms with E-state index in [-0.39, 0.29) is 11.8 Å². The lowest BCUT2D eigenvalue weighted by molar-refractivity contribution is -0.127. The average molecular weight is 449 g/mol. The van der Waals surface area contributed by atoms with Crippen LogP contribution in [0.5, 0.6) is 0 Å². The first kappa shape index (κ1) is 21.6. The van der Waals surface area contributed by atoms with Crippen molar-refractivity contribution in [2.75, 3.05) is 42.5 Å². The molecule has 2 fully saturated rings. The number of imidazole rings is 1. The summed E-state index contributed by atoms with van der Waals surface area (Å²) >= 11 is 0. The van der Waals surface area contributed by atoms with Crippen LogP contribution in [0.2, 0.25) is 0 Å². The molecule has 3 aromatic rings. The molecule has 5 rings (SSSR count). The number of hydrogen-bond acceptors (Lipinski definition) is 7. The van der Waals surface area contributed by atoms with Crippen LogP contribution in [-0.4, -0.2) is 64.0 Å². The van der Waals surface area contributed by atoms with Crippen molar-refractivity contribution in [2.45, 2.75) is 39.3 Å². The molecular formula is C24H32N8O. The molecule has 9 heteroatoms. The Bertz CT molecular complexity index is 1170. The molecule has 2 N–H and O–H groups in total. The van der Waals surface area contributed by atoms with Crippen LogP contribution in [0.4, 0.5) is 11.8 Å². The fraction of sp³-hybridized carbons (Fsp3) is 0.500. The number of aryl methyl sites for hydroxylation is 1. The number of fused-ring (bicyclic) bond motifs is 1. The van der Waals surface area contributed by atoms with Gasteiger partial charge in [-0.25, -0.2) is 9.97 Å². The SMILES string of the molecule is Cc1cnc(N2CCN[C@@H](C)C2)nc1N1CC(C(=O)NC(C)(C)c2cnc3ccccn23)C1. The zero-order valence-corrected chi connectivity index (χ0v) is 19.7. The van der Waals surface area contributed by atoms with Gasteiger partial charge in [-0.2, -0.15) is 4.98 Å². The predicted molar refractivity (Wildman–Crippen MR) is 129 cm³/mol. The second-order valence-corrected chi connectivity index (χ2v) is 9.77. The van der Waals surface area contributed by atoms with Gasteiger partial charge >= 0.3 is 0 Å². The third-order valence-electron chi connectivity index (χ3n) is 6.63. The minimum absolute atomic E-state index is 0.0602. The maximum absolute atomic E-state index is 13.1. The van der Waals surface area contributed by atoms with E-state index >= 15 is 0 Å². The third-order valence-corrected chi connectivity index (χ3v) is 6.63. The molecular weight excluding hydrogens is 416 g/mol.